The Labute approximate surface area is 222 Å². The number of hydrogen-bond acceptors (Lipinski definition) is 8. The van der Waals surface area contributed by atoms with Crippen LogP contribution in [-0.2, 0) is 28.5 Å². The number of ether oxygens (including phenoxy) is 5. The number of esters is 1. The molecule has 4 rings (SSSR count). The van der Waals surface area contributed by atoms with Crippen LogP contribution in [0.4, 0.5) is 0 Å². The molecule has 1 amide bonds. The monoisotopic (exact) mass is 556 g/mol. The second-order valence-corrected chi connectivity index (χ2v) is 10.4. The van der Waals surface area contributed by atoms with Gasteiger partial charge in [-0.05, 0) is 12.1 Å². The summed E-state index contributed by atoms with van der Waals surface area (Å²) < 4.78 is 27.2. The molecule has 0 radical (unpaired) electrons. The summed E-state index contributed by atoms with van der Waals surface area (Å²) in [6, 6.07) is 16.4. The lowest BCUT2D eigenvalue weighted by Crippen LogP contribution is -2.68. The second kappa shape index (κ2) is 11.3. The Kier molecular flexibility index (Phi) is 8.39. The van der Waals surface area contributed by atoms with Gasteiger partial charge in [0.25, 0.3) is 3.79 Å². The Balaban J connectivity index is 1.67. The van der Waals surface area contributed by atoms with Gasteiger partial charge in [0, 0.05) is 12.5 Å². The van der Waals surface area contributed by atoms with Gasteiger partial charge in [-0.1, -0.05) is 83.3 Å². The van der Waals surface area contributed by atoms with Crippen molar-refractivity contribution >= 4 is 52.6 Å². The van der Waals surface area contributed by atoms with Crippen LogP contribution < -0.4 is 5.32 Å². The first-order valence-electron chi connectivity index (χ1n) is 11.0. The summed E-state index contributed by atoms with van der Waals surface area (Å²) in [5, 5.41) is 10.7. The molecule has 0 aromatic heterocycles. The molecule has 2 aromatic rings. The fourth-order valence-corrected chi connectivity index (χ4v) is 4.06. The van der Waals surface area contributed by atoms with Gasteiger partial charge in [0.2, 0.25) is 18.1 Å². The number of benzene rings is 2. The van der Waals surface area contributed by atoms with Crippen molar-refractivity contribution in [2.75, 3.05) is 6.61 Å². The van der Waals surface area contributed by atoms with Gasteiger partial charge in [0.05, 0.1) is 12.2 Å². The van der Waals surface area contributed by atoms with E-state index in [0.717, 1.165) is 5.56 Å². The molecular formula is C24H23Cl3N2O7. The molecule has 2 N–H and O–H groups in total. The summed E-state index contributed by atoms with van der Waals surface area (Å²) in [6.45, 7) is 1.31. The molecule has 2 fully saturated rings. The number of carbonyl (C=O) groups excluding carboxylic acids is 2. The lowest BCUT2D eigenvalue weighted by Gasteiger charge is -2.48. The van der Waals surface area contributed by atoms with Crippen molar-refractivity contribution in [3.05, 3.63) is 71.8 Å². The van der Waals surface area contributed by atoms with E-state index in [2.05, 4.69) is 5.32 Å². The number of nitrogens with one attached hydrogen (secondary N) is 2. The summed E-state index contributed by atoms with van der Waals surface area (Å²) in [5.41, 5.74) is 1.04. The second-order valence-electron chi connectivity index (χ2n) is 8.13. The molecule has 2 aromatic carbocycles. The predicted molar refractivity (Wildman–Crippen MR) is 131 cm³/mol. The molecule has 6 atom stereocenters. The molecule has 2 aliphatic rings. The molecule has 0 spiro atoms. The van der Waals surface area contributed by atoms with Gasteiger partial charge in [-0.2, -0.15) is 0 Å². The zero-order valence-electron chi connectivity index (χ0n) is 18.9. The van der Waals surface area contributed by atoms with Crippen LogP contribution in [0.25, 0.3) is 0 Å². The number of rotatable bonds is 5. The molecule has 2 saturated heterocycles. The minimum atomic E-state index is -2.19. The lowest BCUT2D eigenvalue weighted by molar-refractivity contribution is -0.334. The molecule has 36 heavy (non-hydrogen) atoms. The third-order valence-corrected chi connectivity index (χ3v) is 6.04. The maximum Gasteiger partial charge on any atom is 0.338 e. The Morgan fingerprint density at radius 2 is 1.64 bits per heavy atom. The van der Waals surface area contributed by atoms with Gasteiger partial charge < -0.3 is 29.0 Å². The molecule has 0 bridgehead atoms. The predicted octanol–water partition coefficient (Wildman–Crippen LogP) is 3.92. The van der Waals surface area contributed by atoms with Crippen molar-refractivity contribution < 1.29 is 33.3 Å². The summed E-state index contributed by atoms with van der Waals surface area (Å²) in [5.74, 6) is -1.86. The molecule has 12 heteroatoms. The lowest BCUT2D eigenvalue weighted by atomic mass is 9.95. The van der Waals surface area contributed by atoms with Crippen molar-refractivity contribution in [1.29, 1.82) is 5.41 Å². The van der Waals surface area contributed by atoms with Crippen LogP contribution in [0, 0.1) is 5.41 Å². The normalized spacial score (nSPS) is 27.9. The largest absolute Gasteiger partial charge is 0.453 e. The van der Waals surface area contributed by atoms with E-state index in [4.69, 9.17) is 63.9 Å². The standard InChI is InChI=1S/C24H23Cl3N2O7/c1-13(30)29-17-19(34-20(31)14-8-4-2-5-9-14)18-16(33-22(17)36-23(28)24(25,26)27)12-32-21(35-18)15-10-6-3-7-11-15/h2-11,16-19,21-22,28H,12H2,1H3,(H,29,30)/t16?,17-,18-,19+,21?,22-/m0/s1. The summed E-state index contributed by atoms with van der Waals surface area (Å²) >= 11 is 17.4. The third kappa shape index (κ3) is 6.29. The minimum Gasteiger partial charge on any atom is -0.453 e. The SMILES string of the molecule is CC(=O)N[C@@H]1[C@H](OC(=N)C(Cl)(Cl)Cl)OC2COC(c3ccccc3)O[C@@H]2[C@@H]1OC(=O)c1ccccc1. The Morgan fingerprint density at radius 3 is 2.25 bits per heavy atom. The van der Waals surface area contributed by atoms with Crippen LogP contribution in [0.1, 0.15) is 29.1 Å². The number of carbonyl (C=O) groups is 2. The fourth-order valence-electron chi connectivity index (χ4n) is 3.93. The summed E-state index contributed by atoms with van der Waals surface area (Å²) in [6.07, 6.45) is -4.90. The number of amides is 1. The molecule has 2 aliphatic heterocycles. The topological polar surface area (TPSA) is 116 Å². The van der Waals surface area contributed by atoms with Crippen LogP contribution in [0.5, 0.6) is 0 Å². The maximum absolute atomic E-state index is 13.0. The molecule has 9 nitrogen and oxygen atoms in total. The van der Waals surface area contributed by atoms with Crippen LogP contribution in [0.15, 0.2) is 60.7 Å². The molecule has 192 valence electrons. The fraction of sp³-hybridized carbons (Fsp3) is 0.375. The molecule has 2 unspecified atom stereocenters. The van der Waals surface area contributed by atoms with E-state index in [9.17, 15) is 9.59 Å². The zero-order valence-corrected chi connectivity index (χ0v) is 21.2. The Morgan fingerprint density at radius 1 is 1.00 bits per heavy atom. The van der Waals surface area contributed by atoms with Crippen molar-refractivity contribution in [2.24, 2.45) is 0 Å². The van der Waals surface area contributed by atoms with Crippen molar-refractivity contribution in [2.45, 2.75) is 47.7 Å². The quantitative estimate of drug-likeness (QED) is 0.248. The van der Waals surface area contributed by atoms with E-state index >= 15 is 0 Å². The Bertz CT molecular complexity index is 1080. The highest BCUT2D eigenvalue weighted by Gasteiger charge is 2.54. The van der Waals surface area contributed by atoms with Crippen molar-refractivity contribution in [1.82, 2.24) is 5.32 Å². The van der Waals surface area contributed by atoms with Crippen molar-refractivity contribution in [3.63, 3.8) is 0 Å². The van der Waals surface area contributed by atoms with Gasteiger partial charge >= 0.3 is 5.97 Å². The smallest absolute Gasteiger partial charge is 0.338 e. The van der Waals surface area contributed by atoms with Crippen LogP contribution in [0.3, 0.4) is 0 Å². The van der Waals surface area contributed by atoms with Crippen LogP contribution in [-0.4, -0.2) is 58.8 Å². The van der Waals surface area contributed by atoms with E-state index in [1.807, 2.05) is 30.3 Å². The highest BCUT2D eigenvalue weighted by atomic mass is 35.6. The first-order valence-corrected chi connectivity index (χ1v) is 12.1. The van der Waals surface area contributed by atoms with E-state index in [0.29, 0.717) is 5.56 Å². The van der Waals surface area contributed by atoms with Gasteiger partial charge in [-0.25, -0.2) is 4.79 Å². The molecule has 0 aliphatic carbocycles. The first-order chi connectivity index (χ1) is 17.1. The highest BCUT2D eigenvalue weighted by Crippen LogP contribution is 2.37. The van der Waals surface area contributed by atoms with Crippen molar-refractivity contribution in [3.8, 4) is 0 Å². The Hall–Kier alpha value is -2.40. The summed E-state index contributed by atoms with van der Waals surface area (Å²) in [4.78, 5) is 25.2. The average Bonchev–Trinajstić information content (AvgIpc) is 2.86. The zero-order chi connectivity index (χ0) is 25.9. The van der Waals surface area contributed by atoms with E-state index in [1.165, 1.54) is 6.92 Å². The van der Waals surface area contributed by atoms with E-state index in [1.54, 1.807) is 30.3 Å². The van der Waals surface area contributed by atoms with Gasteiger partial charge in [-0.3, -0.25) is 10.2 Å². The highest BCUT2D eigenvalue weighted by molar-refractivity contribution is 6.76. The molecule has 2 heterocycles. The van der Waals surface area contributed by atoms with Gasteiger partial charge in [-0.15, -0.1) is 0 Å². The number of alkyl halides is 3. The minimum absolute atomic E-state index is 0.0391. The van der Waals surface area contributed by atoms with Gasteiger partial charge in [0.15, 0.2) is 12.4 Å². The number of hydrogen-bond donors (Lipinski definition) is 2. The van der Waals surface area contributed by atoms with Crippen LogP contribution >= 0.6 is 34.8 Å². The molecular weight excluding hydrogens is 535 g/mol. The van der Waals surface area contributed by atoms with E-state index < -0.39 is 58.5 Å². The first kappa shape index (κ1) is 26.7. The summed E-state index contributed by atoms with van der Waals surface area (Å²) in [7, 11) is 0. The maximum atomic E-state index is 13.0. The third-order valence-electron chi connectivity index (χ3n) is 5.52. The van der Waals surface area contributed by atoms with E-state index in [-0.39, 0.29) is 6.61 Å². The number of halogens is 3. The van der Waals surface area contributed by atoms with Crippen LogP contribution in [0.2, 0.25) is 0 Å². The molecule has 0 saturated carbocycles. The number of fused-ring (bicyclic) bond motifs is 1. The average molecular weight is 558 g/mol. The van der Waals surface area contributed by atoms with Gasteiger partial charge in [0.1, 0.15) is 18.2 Å².